The normalized spacial score (nSPS) is 18.9. The summed E-state index contributed by atoms with van der Waals surface area (Å²) >= 11 is 0. The molecule has 0 spiro atoms. The van der Waals surface area contributed by atoms with E-state index in [0.717, 1.165) is 16.7 Å². The first-order valence-corrected chi connectivity index (χ1v) is 6.80. The van der Waals surface area contributed by atoms with Crippen LogP contribution in [0.15, 0.2) is 54.6 Å². The van der Waals surface area contributed by atoms with Crippen molar-refractivity contribution in [2.24, 2.45) is 0 Å². The van der Waals surface area contributed by atoms with Crippen molar-refractivity contribution >= 4 is 0 Å². The number of rotatable bonds is 3. The number of hydrogen-bond donors (Lipinski definition) is 1. The van der Waals surface area contributed by atoms with Gasteiger partial charge >= 0.3 is 0 Å². The fourth-order valence-electron chi connectivity index (χ4n) is 2.60. The van der Waals surface area contributed by atoms with Crippen molar-refractivity contribution in [1.29, 1.82) is 0 Å². The average Bonchev–Trinajstić information content (AvgIpc) is 3.02. The van der Waals surface area contributed by atoms with Gasteiger partial charge in [-0.25, -0.2) is 0 Å². The zero-order valence-corrected chi connectivity index (χ0v) is 11.5. The van der Waals surface area contributed by atoms with E-state index in [1.165, 1.54) is 0 Å². The summed E-state index contributed by atoms with van der Waals surface area (Å²) in [4.78, 5) is 0. The Bertz CT molecular complexity index is 572. The Morgan fingerprint density at radius 1 is 0.950 bits per heavy atom. The predicted molar refractivity (Wildman–Crippen MR) is 76.2 cm³/mol. The molecule has 0 radical (unpaired) electrons. The van der Waals surface area contributed by atoms with Crippen molar-refractivity contribution < 1.29 is 14.6 Å². The molecule has 3 nitrogen and oxygen atoms in total. The predicted octanol–water partition coefficient (Wildman–Crippen LogP) is 2.99. The zero-order valence-electron chi connectivity index (χ0n) is 11.5. The Labute approximate surface area is 118 Å². The summed E-state index contributed by atoms with van der Waals surface area (Å²) in [6.45, 7) is 2.98. The first kappa shape index (κ1) is 13.3. The second-order valence-corrected chi connectivity index (χ2v) is 5.10. The molecule has 1 saturated heterocycles. The van der Waals surface area contributed by atoms with Crippen LogP contribution in [0.4, 0.5) is 0 Å². The maximum Gasteiger partial charge on any atom is 0.184 e. The van der Waals surface area contributed by atoms with Gasteiger partial charge < -0.3 is 14.6 Å². The molecule has 104 valence electrons. The average molecular weight is 270 g/mol. The molecule has 1 unspecified atom stereocenters. The zero-order chi connectivity index (χ0) is 14.0. The minimum Gasteiger partial charge on any atom is -0.381 e. The van der Waals surface area contributed by atoms with Gasteiger partial charge in [0.1, 0.15) is 5.60 Å². The van der Waals surface area contributed by atoms with E-state index in [9.17, 15) is 5.11 Å². The summed E-state index contributed by atoms with van der Waals surface area (Å²) in [5.41, 5.74) is 1.48. The summed E-state index contributed by atoms with van der Waals surface area (Å²) < 4.78 is 11.2. The third kappa shape index (κ3) is 2.36. The van der Waals surface area contributed by atoms with Crippen molar-refractivity contribution in [3.8, 4) is 0 Å². The highest BCUT2D eigenvalue weighted by molar-refractivity contribution is 5.40. The van der Waals surface area contributed by atoms with Crippen molar-refractivity contribution in [3.05, 3.63) is 71.3 Å². The lowest BCUT2D eigenvalue weighted by Crippen LogP contribution is -2.25. The van der Waals surface area contributed by atoms with Crippen LogP contribution in [-0.4, -0.2) is 18.3 Å². The molecule has 1 aliphatic rings. The van der Waals surface area contributed by atoms with Gasteiger partial charge in [-0.15, -0.1) is 0 Å². The first-order valence-electron chi connectivity index (χ1n) is 6.80. The molecular weight excluding hydrogens is 252 g/mol. The van der Waals surface area contributed by atoms with Gasteiger partial charge in [-0.3, -0.25) is 0 Å². The lowest BCUT2D eigenvalue weighted by molar-refractivity contribution is -0.0473. The van der Waals surface area contributed by atoms with E-state index in [1.807, 2.05) is 54.6 Å². The topological polar surface area (TPSA) is 38.7 Å². The molecule has 20 heavy (non-hydrogen) atoms. The van der Waals surface area contributed by atoms with Crippen molar-refractivity contribution in [2.45, 2.75) is 18.8 Å². The fourth-order valence-corrected chi connectivity index (χ4v) is 2.60. The third-order valence-electron chi connectivity index (χ3n) is 3.70. The smallest absolute Gasteiger partial charge is 0.184 e. The molecule has 0 amide bonds. The van der Waals surface area contributed by atoms with E-state index in [1.54, 1.807) is 6.92 Å². The molecule has 0 saturated carbocycles. The van der Waals surface area contributed by atoms with Gasteiger partial charge in [0.15, 0.2) is 6.29 Å². The molecule has 1 fully saturated rings. The molecule has 2 aromatic carbocycles. The molecule has 0 bridgehead atoms. The lowest BCUT2D eigenvalue weighted by atomic mass is 9.85. The molecule has 1 atom stereocenters. The second kappa shape index (κ2) is 5.37. The monoisotopic (exact) mass is 270 g/mol. The van der Waals surface area contributed by atoms with E-state index < -0.39 is 5.60 Å². The molecule has 3 rings (SSSR count). The number of benzene rings is 2. The highest BCUT2D eigenvalue weighted by Crippen LogP contribution is 2.36. The summed E-state index contributed by atoms with van der Waals surface area (Å²) in [6.07, 6.45) is -0.388. The van der Waals surface area contributed by atoms with Gasteiger partial charge in [-0.05, 0) is 18.1 Å². The van der Waals surface area contributed by atoms with E-state index in [0.29, 0.717) is 13.2 Å². The second-order valence-electron chi connectivity index (χ2n) is 5.10. The van der Waals surface area contributed by atoms with Crippen LogP contribution in [0, 0.1) is 0 Å². The van der Waals surface area contributed by atoms with Crippen LogP contribution in [0.2, 0.25) is 0 Å². The molecule has 1 N–H and O–H groups in total. The van der Waals surface area contributed by atoms with Gasteiger partial charge in [-0.1, -0.05) is 54.6 Å². The highest BCUT2D eigenvalue weighted by atomic mass is 16.7. The van der Waals surface area contributed by atoms with Gasteiger partial charge in [0, 0.05) is 5.56 Å². The van der Waals surface area contributed by atoms with Crippen LogP contribution in [0.3, 0.4) is 0 Å². The van der Waals surface area contributed by atoms with E-state index >= 15 is 0 Å². The lowest BCUT2D eigenvalue weighted by Gasteiger charge is -2.28. The minimum atomic E-state index is -1.08. The number of aliphatic hydroxyl groups is 1. The van der Waals surface area contributed by atoms with Gasteiger partial charge in [-0.2, -0.15) is 0 Å². The summed E-state index contributed by atoms with van der Waals surface area (Å²) in [5, 5.41) is 11.0. The molecule has 0 aromatic heterocycles. The van der Waals surface area contributed by atoms with Crippen LogP contribution in [0.5, 0.6) is 0 Å². The van der Waals surface area contributed by atoms with Gasteiger partial charge in [0.2, 0.25) is 0 Å². The molecule has 3 heteroatoms. The third-order valence-corrected chi connectivity index (χ3v) is 3.70. The Hall–Kier alpha value is -1.68. The van der Waals surface area contributed by atoms with E-state index in [-0.39, 0.29) is 6.29 Å². The minimum absolute atomic E-state index is 0.388. The standard InChI is InChI=1S/C17H18O3/c1-17(18,13-7-3-2-4-8-13)15-10-6-5-9-14(15)16-19-11-12-20-16/h2-10,16,18H,11-12H2,1H3. The number of hydrogen-bond acceptors (Lipinski definition) is 3. The fraction of sp³-hybridized carbons (Fsp3) is 0.294. The SMILES string of the molecule is CC(O)(c1ccccc1)c1ccccc1C1OCCO1. The molecule has 2 aromatic rings. The van der Waals surface area contributed by atoms with Gasteiger partial charge in [0.25, 0.3) is 0 Å². The Morgan fingerprint density at radius 2 is 1.55 bits per heavy atom. The number of ether oxygens (including phenoxy) is 2. The van der Waals surface area contributed by atoms with Crippen molar-refractivity contribution in [2.75, 3.05) is 13.2 Å². The molecule has 1 heterocycles. The summed E-state index contributed by atoms with van der Waals surface area (Å²) in [6, 6.07) is 17.4. The quantitative estimate of drug-likeness (QED) is 0.932. The van der Waals surface area contributed by atoms with Crippen molar-refractivity contribution in [1.82, 2.24) is 0 Å². The first-order chi connectivity index (χ1) is 9.69. The van der Waals surface area contributed by atoms with Crippen LogP contribution in [0.1, 0.15) is 29.9 Å². The Kier molecular flexibility index (Phi) is 3.57. The van der Waals surface area contributed by atoms with Gasteiger partial charge in [0.05, 0.1) is 13.2 Å². The molecular formula is C17H18O3. The van der Waals surface area contributed by atoms with Crippen molar-refractivity contribution in [3.63, 3.8) is 0 Å². The maximum atomic E-state index is 11.0. The highest BCUT2D eigenvalue weighted by Gasteiger charge is 2.31. The Balaban J connectivity index is 2.05. The molecule has 0 aliphatic carbocycles. The van der Waals surface area contributed by atoms with Crippen LogP contribution in [-0.2, 0) is 15.1 Å². The maximum absolute atomic E-state index is 11.0. The van der Waals surface area contributed by atoms with Crippen LogP contribution in [0.25, 0.3) is 0 Å². The Morgan fingerprint density at radius 3 is 2.25 bits per heavy atom. The summed E-state index contributed by atoms with van der Waals surface area (Å²) in [5.74, 6) is 0. The summed E-state index contributed by atoms with van der Waals surface area (Å²) in [7, 11) is 0. The van der Waals surface area contributed by atoms with Crippen LogP contribution < -0.4 is 0 Å². The largest absolute Gasteiger partial charge is 0.381 e. The van der Waals surface area contributed by atoms with Crippen LogP contribution >= 0.6 is 0 Å². The van der Waals surface area contributed by atoms with E-state index in [2.05, 4.69) is 0 Å². The molecule has 1 aliphatic heterocycles. The van der Waals surface area contributed by atoms with E-state index in [4.69, 9.17) is 9.47 Å².